The monoisotopic (exact) mass is 468 g/mol. The molecule has 0 aliphatic heterocycles. The molecule has 1 unspecified atom stereocenters. The van der Waals surface area contributed by atoms with E-state index in [0.717, 1.165) is 17.7 Å². The molecule has 3 rings (SSSR count). The molecule has 0 saturated carbocycles. The molecule has 3 nitrogen and oxygen atoms in total. The van der Waals surface area contributed by atoms with Gasteiger partial charge in [0.1, 0.15) is 0 Å². The fraction of sp³-hybridized carbons (Fsp3) is 0.125. The predicted octanol–water partition coefficient (Wildman–Crippen LogP) is 0.436. The molecule has 0 saturated heterocycles. The second-order valence-corrected chi connectivity index (χ2v) is 14.0. The van der Waals surface area contributed by atoms with E-state index in [1.165, 1.54) is 36.4 Å². The predicted molar refractivity (Wildman–Crippen MR) is 78.8 cm³/mol. The van der Waals surface area contributed by atoms with Crippen molar-refractivity contribution in [3.05, 3.63) is 72.9 Å². The van der Waals surface area contributed by atoms with Crippen LogP contribution in [0, 0.1) is 7.14 Å². The molecular formula is C16H12F3IO3S-2. The van der Waals surface area contributed by atoms with Crippen molar-refractivity contribution in [1.29, 1.82) is 0 Å². The fourth-order valence-electron chi connectivity index (χ4n) is 2.48. The summed E-state index contributed by atoms with van der Waals surface area (Å²) in [6, 6.07) is 10.3. The number of halogens is 4. The van der Waals surface area contributed by atoms with E-state index >= 15 is 2.86 Å². The van der Waals surface area contributed by atoms with E-state index in [-0.39, 0.29) is 0 Å². The molecule has 130 valence electrons. The van der Waals surface area contributed by atoms with Crippen LogP contribution in [0.4, 0.5) is 11.6 Å². The van der Waals surface area contributed by atoms with Crippen LogP contribution >= 0.6 is 0 Å². The molecule has 2 aromatic rings. The quantitative estimate of drug-likeness (QED) is 0.372. The van der Waals surface area contributed by atoms with Gasteiger partial charge in [0.2, 0.25) is 0 Å². The Kier molecular flexibility index (Phi) is 4.25. The molecule has 1 aliphatic carbocycles. The summed E-state index contributed by atoms with van der Waals surface area (Å²) in [5.41, 5.74) is 1.40. The number of fused-ring (bicyclic) bond motifs is 1. The Morgan fingerprint density at radius 3 is 2.33 bits per heavy atom. The third-order valence-electron chi connectivity index (χ3n) is 3.66. The third-order valence-corrected chi connectivity index (χ3v) is 13.8. The number of alkyl halides is 3. The number of hydrogen-bond acceptors (Lipinski definition) is 3. The average molecular weight is 468 g/mol. The molecule has 0 heterocycles. The summed E-state index contributed by atoms with van der Waals surface area (Å²) in [7, 11) is -6.17. The van der Waals surface area contributed by atoms with Gasteiger partial charge in [0.25, 0.3) is 0 Å². The first-order valence-corrected chi connectivity index (χ1v) is 12.3. The van der Waals surface area contributed by atoms with E-state index in [1.54, 1.807) is 12.2 Å². The molecule has 0 bridgehead atoms. The van der Waals surface area contributed by atoms with Crippen molar-refractivity contribution >= 4 is 16.2 Å². The van der Waals surface area contributed by atoms with Crippen molar-refractivity contribution in [3.63, 3.8) is 0 Å². The Morgan fingerprint density at radius 2 is 1.71 bits per heavy atom. The van der Waals surface area contributed by atoms with Crippen LogP contribution in [-0.4, -0.2) is 16.2 Å². The molecule has 1 aliphatic rings. The van der Waals surface area contributed by atoms with Gasteiger partial charge in [0.05, 0.1) is 0 Å². The summed E-state index contributed by atoms with van der Waals surface area (Å²) < 4.78 is 72.5. The molecule has 0 aromatic heterocycles. The molecular weight excluding hydrogens is 456 g/mol. The number of hydrogen-bond donors (Lipinski definition) is 0. The first-order chi connectivity index (χ1) is 11.2. The summed E-state index contributed by atoms with van der Waals surface area (Å²) in [6.07, 6.45) is 4.06. The third kappa shape index (κ3) is 2.56. The zero-order valence-corrected chi connectivity index (χ0v) is 15.1. The van der Waals surface area contributed by atoms with Crippen molar-refractivity contribution in [3.8, 4) is 0 Å². The van der Waals surface area contributed by atoms with Gasteiger partial charge >= 0.3 is 142 Å². The van der Waals surface area contributed by atoms with Gasteiger partial charge in [-0.05, 0) is 0 Å². The Morgan fingerprint density at radius 1 is 1.04 bits per heavy atom. The first kappa shape index (κ1) is 17.4. The van der Waals surface area contributed by atoms with Gasteiger partial charge < -0.3 is 0 Å². The zero-order valence-electron chi connectivity index (χ0n) is 12.1. The van der Waals surface area contributed by atoms with Crippen molar-refractivity contribution in [2.45, 2.75) is 9.68 Å². The van der Waals surface area contributed by atoms with Crippen molar-refractivity contribution in [1.82, 2.24) is 0 Å². The molecule has 8 heteroatoms. The van der Waals surface area contributed by atoms with Gasteiger partial charge in [0, 0.05) is 0 Å². The molecule has 0 radical (unpaired) electrons. The van der Waals surface area contributed by atoms with E-state index in [1.807, 2.05) is 0 Å². The minimum absolute atomic E-state index is 0.400. The molecule has 24 heavy (non-hydrogen) atoms. The molecule has 0 N–H and O–H groups in total. The average Bonchev–Trinajstić information content (AvgIpc) is 3.01. The maximum atomic E-state index is 15.8. The van der Waals surface area contributed by atoms with Crippen LogP contribution in [-0.2, 0) is 16.5 Å². The summed E-state index contributed by atoms with van der Waals surface area (Å²) in [4.78, 5) is 0. The van der Waals surface area contributed by atoms with E-state index in [0.29, 0.717) is 12.0 Å². The number of benzene rings is 2. The Balaban J connectivity index is 2.30. The topological polar surface area (TPSA) is 57.2 Å². The summed E-state index contributed by atoms with van der Waals surface area (Å²) in [6.45, 7) is 0. The van der Waals surface area contributed by atoms with Crippen LogP contribution < -0.4 is 19.0 Å². The van der Waals surface area contributed by atoms with Gasteiger partial charge in [-0.3, -0.25) is 0 Å². The van der Waals surface area contributed by atoms with Gasteiger partial charge in [0.15, 0.2) is 0 Å². The van der Waals surface area contributed by atoms with E-state index < -0.39 is 39.5 Å². The number of rotatable bonds is 4. The maximum absolute atomic E-state index is 15.8. The summed E-state index contributed by atoms with van der Waals surface area (Å²) in [5.74, 6) is 0. The fourth-order valence-corrected chi connectivity index (χ4v) is 11.2. The van der Waals surface area contributed by atoms with Gasteiger partial charge in [-0.2, -0.15) is 0 Å². The second-order valence-electron chi connectivity index (χ2n) is 5.14. The Hall–Kier alpha value is -1.39. The van der Waals surface area contributed by atoms with Crippen molar-refractivity contribution in [2.24, 2.45) is 0 Å². The molecule has 1 atom stereocenters. The molecule has 0 spiro atoms. The van der Waals surface area contributed by atoms with Gasteiger partial charge in [-0.15, -0.1) is 0 Å². The second kappa shape index (κ2) is 5.85. The van der Waals surface area contributed by atoms with E-state index in [4.69, 9.17) is 0 Å². The van der Waals surface area contributed by atoms with E-state index in [9.17, 15) is 21.8 Å². The van der Waals surface area contributed by atoms with Crippen LogP contribution in [0.5, 0.6) is 0 Å². The normalized spacial score (nSPS) is 18.0. The number of allylic oxidation sites excluding steroid dienone is 1. The Bertz CT molecular complexity index is 913. The summed E-state index contributed by atoms with van der Waals surface area (Å²) >= 11 is -6.23. The first-order valence-electron chi connectivity index (χ1n) is 6.82. The van der Waals surface area contributed by atoms with Gasteiger partial charge in [-0.1, -0.05) is 0 Å². The van der Waals surface area contributed by atoms with Gasteiger partial charge in [-0.25, -0.2) is 0 Å². The van der Waals surface area contributed by atoms with Crippen LogP contribution in [0.3, 0.4) is 0 Å². The molecule has 2 aromatic carbocycles. The molecule has 0 amide bonds. The zero-order chi connectivity index (χ0) is 17.6. The van der Waals surface area contributed by atoms with E-state index in [2.05, 4.69) is 0 Å². The van der Waals surface area contributed by atoms with Crippen LogP contribution in [0.2, 0.25) is 0 Å². The Labute approximate surface area is 142 Å². The van der Waals surface area contributed by atoms with Crippen molar-refractivity contribution < 1.29 is 43.6 Å². The minimum atomic E-state index is -6.23. The van der Waals surface area contributed by atoms with Crippen LogP contribution in [0.25, 0.3) is 6.08 Å². The van der Waals surface area contributed by atoms with Crippen LogP contribution in [0.15, 0.2) is 54.6 Å². The standard InChI is InChI=1S/C16H13F3IO3S/c17-16(18,24(21,22)23)20(19,14-7-2-1-3-8-14)15-10-9-12-5-4-6-13(12)11-15/h1-4,6-11H,5H2,(H,21,22,23)/q-1/p-1. The van der Waals surface area contributed by atoms with Crippen LogP contribution in [0.1, 0.15) is 11.1 Å². The van der Waals surface area contributed by atoms with Crippen molar-refractivity contribution in [2.75, 3.05) is 0 Å². The SMILES string of the molecule is O=S(=O)([O-])C(F)(F)[I-](F)(c1ccccc1)c1ccc2c(c1)C=CC2. The molecule has 0 fully saturated rings. The summed E-state index contributed by atoms with van der Waals surface area (Å²) in [5, 5.41) is 0.